The number of benzene rings is 1. The van der Waals surface area contributed by atoms with Crippen LogP contribution in [0.25, 0.3) is 0 Å². The maximum atomic E-state index is 11.8. The predicted molar refractivity (Wildman–Crippen MR) is 102 cm³/mol. The second kappa shape index (κ2) is 9.96. The Balaban J connectivity index is 1.16. The number of hydrogen-bond acceptors (Lipinski definition) is 6. The molecule has 1 atom stereocenters. The minimum atomic E-state index is -0.272. The van der Waals surface area contributed by atoms with Crippen molar-refractivity contribution in [1.82, 2.24) is 8.01 Å². The van der Waals surface area contributed by atoms with Crippen LogP contribution in [0, 0.1) is 17.2 Å². The summed E-state index contributed by atoms with van der Waals surface area (Å²) in [5.41, 5.74) is 0.603. The van der Waals surface area contributed by atoms with Gasteiger partial charge in [0.15, 0.2) is 0 Å². The van der Waals surface area contributed by atoms with Crippen LogP contribution in [0.2, 0.25) is 0 Å². The Morgan fingerprint density at radius 1 is 1.21 bits per heavy atom. The van der Waals surface area contributed by atoms with E-state index in [0.717, 1.165) is 44.3 Å². The number of rotatable bonds is 6. The topological polar surface area (TPSA) is 75.0 Å². The van der Waals surface area contributed by atoms with E-state index >= 15 is 0 Å². The van der Waals surface area contributed by atoms with Crippen molar-refractivity contribution in [3.05, 3.63) is 23.8 Å². The van der Waals surface area contributed by atoms with Crippen LogP contribution in [0.4, 0.5) is 0 Å². The number of nitriles is 1. The zero-order valence-corrected chi connectivity index (χ0v) is 18.7. The molecule has 2 saturated heterocycles. The number of fused-ring (bicyclic) bond motifs is 1. The fourth-order valence-corrected chi connectivity index (χ4v) is 6.68. The Labute approximate surface area is 182 Å². The van der Waals surface area contributed by atoms with Crippen LogP contribution >= 0.6 is 0 Å². The average molecular weight is 512 g/mol. The number of halogens is 1. The van der Waals surface area contributed by atoms with E-state index in [1.54, 1.807) is 12.1 Å². The molecule has 7 nitrogen and oxygen atoms in total. The number of morpholine rings is 1. The van der Waals surface area contributed by atoms with Crippen molar-refractivity contribution in [2.45, 2.75) is 29.8 Å². The van der Waals surface area contributed by atoms with Crippen LogP contribution in [0.5, 0.6) is 11.5 Å². The van der Waals surface area contributed by atoms with Gasteiger partial charge in [0.25, 0.3) is 0 Å². The zero-order valence-electron chi connectivity index (χ0n) is 16.5. The van der Waals surface area contributed by atoms with Crippen molar-refractivity contribution >= 4 is 5.91 Å². The molecule has 0 bridgehead atoms. The summed E-state index contributed by atoms with van der Waals surface area (Å²) in [6.45, 7) is 5.37. The number of piperidine rings is 1. The third-order valence-corrected chi connectivity index (χ3v) is 8.62. The van der Waals surface area contributed by atoms with Crippen LogP contribution in [-0.4, -0.2) is 64.0 Å². The van der Waals surface area contributed by atoms with Gasteiger partial charge in [-0.15, -0.1) is 0 Å². The fourth-order valence-electron chi connectivity index (χ4n) is 3.96. The van der Waals surface area contributed by atoms with Crippen LogP contribution in [0.3, 0.4) is 0 Å². The molecule has 0 N–H and O–H groups in total. The Kier molecular flexibility index (Phi) is 7.11. The van der Waals surface area contributed by atoms with E-state index < -0.39 is 0 Å². The van der Waals surface area contributed by atoms with Crippen LogP contribution in [0.1, 0.15) is 31.2 Å². The number of carbonyl (C=O) groups is 1. The summed E-state index contributed by atoms with van der Waals surface area (Å²) in [5.74, 6) is 2.33. The van der Waals surface area contributed by atoms with Gasteiger partial charge in [0.1, 0.15) is 0 Å². The standard InChI is InChI=1S/C21H27IN3O4/c23-13-17-3-4-18-19(12-17)29-20(14-28-18)22-25-8-5-16(6-9-25)2-1-7-24-10-11-27-15-21(24)26/h3-4,12,16,20H,1-2,5-11,14-15H2/q-1/t20-/m1/s1. The first-order valence-corrected chi connectivity index (χ1v) is 12.5. The van der Waals surface area contributed by atoms with Crippen LogP contribution in [0.15, 0.2) is 18.2 Å². The van der Waals surface area contributed by atoms with Crippen molar-refractivity contribution < 1.29 is 40.5 Å². The number of carbonyl (C=O) groups excluding carboxylic acids is 1. The molecule has 1 amide bonds. The molecule has 3 heterocycles. The first-order valence-electron chi connectivity index (χ1n) is 10.3. The summed E-state index contributed by atoms with van der Waals surface area (Å²) in [7, 11) is 0. The number of hydrogen-bond donors (Lipinski definition) is 0. The zero-order chi connectivity index (χ0) is 20.1. The third-order valence-electron chi connectivity index (χ3n) is 5.63. The van der Waals surface area contributed by atoms with Crippen molar-refractivity contribution in [3.63, 3.8) is 0 Å². The Morgan fingerprint density at radius 3 is 2.86 bits per heavy atom. The Morgan fingerprint density at radius 2 is 2.07 bits per heavy atom. The maximum absolute atomic E-state index is 11.8. The first-order chi connectivity index (χ1) is 14.2. The van der Waals surface area contributed by atoms with Gasteiger partial charge in [-0.05, 0) is 0 Å². The van der Waals surface area contributed by atoms with Gasteiger partial charge in [-0.25, -0.2) is 0 Å². The molecule has 158 valence electrons. The van der Waals surface area contributed by atoms with Crippen LogP contribution < -0.4 is 31.0 Å². The molecule has 2 fully saturated rings. The molecular weight excluding hydrogens is 485 g/mol. The van der Waals surface area contributed by atoms with E-state index in [2.05, 4.69) is 9.18 Å². The van der Waals surface area contributed by atoms with E-state index in [4.69, 9.17) is 19.5 Å². The summed E-state index contributed by atoms with van der Waals surface area (Å²) in [6.07, 6.45) is 4.73. The molecule has 0 radical (unpaired) electrons. The summed E-state index contributed by atoms with van der Waals surface area (Å²) < 4.78 is 19.8. The molecule has 3 aliphatic heterocycles. The van der Waals surface area contributed by atoms with Crippen LogP contribution in [-0.2, 0) is 9.53 Å². The average Bonchev–Trinajstić information content (AvgIpc) is 2.76. The van der Waals surface area contributed by atoms with Crippen molar-refractivity contribution in [1.29, 1.82) is 5.26 Å². The molecule has 0 aliphatic carbocycles. The van der Waals surface area contributed by atoms with Crippen molar-refractivity contribution in [3.8, 4) is 17.6 Å². The number of amides is 1. The summed E-state index contributed by atoms with van der Waals surface area (Å²) in [5, 5.41) is 9.07. The summed E-state index contributed by atoms with van der Waals surface area (Å²) in [4.78, 5) is 13.7. The van der Waals surface area contributed by atoms with Crippen molar-refractivity contribution in [2.24, 2.45) is 5.92 Å². The molecule has 3 aliphatic rings. The minimum absolute atomic E-state index is 0.110. The van der Waals surface area contributed by atoms with Gasteiger partial charge in [-0.1, -0.05) is 0 Å². The van der Waals surface area contributed by atoms with E-state index in [-0.39, 0.29) is 38.1 Å². The normalized spacial score (nSPS) is 23.2. The molecule has 0 saturated carbocycles. The molecule has 29 heavy (non-hydrogen) atoms. The molecule has 0 spiro atoms. The number of ether oxygens (including phenoxy) is 3. The molecule has 0 unspecified atom stereocenters. The molecule has 4 rings (SSSR count). The molecular formula is C21H27IN3O4-. The fraction of sp³-hybridized carbons (Fsp3) is 0.619. The van der Waals surface area contributed by atoms with E-state index in [0.29, 0.717) is 24.5 Å². The number of nitrogens with zero attached hydrogens (tertiary/aromatic N) is 3. The predicted octanol–water partition coefficient (Wildman–Crippen LogP) is -0.989. The quantitative estimate of drug-likeness (QED) is 0.277. The molecule has 0 aromatic heterocycles. The van der Waals surface area contributed by atoms with E-state index in [1.165, 1.54) is 19.3 Å². The molecule has 1 aromatic carbocycles. The second-order valence-corrected chi connectivity index (χ2v) is 10.9. The van der Waals surface area contributed by atoms with Gasteiger partial charge >= 0.3 is 183 Å². The SMILES string of the molecule is N#Cc1ccc2c(c1)O[C@@H]([I-]N1CCC(CCCN3CCOCC3=O)CC1)CO2. The van der Waals surface area contributed by atoms with Gasteiger partial charge in [-0.2, -0.15) is 0 Å². The van der Waals surface area contributed by atoms with Gasteiger partial charge in [0, 0.05) is 0 Å². The summed E-state index contributed by atoms with van der Waals surface area (Å²) in [6, 6.07) is 7.51. The first kappa shape index (κ1) is 20.7. The monoisotopic (exact) mass is 512 g/mol. The number of alkyl halides is 1. The van der Waals surface area contributed by atoms with Gasteiger partial charge in [0.05, 0.1) is 0 Å². The Hall–Kier alpha value is -1.57. The molecule has 1 aromatic rings. The Bertz CT molecular complexity index is 761. The van der Waals surface area contributed by atoms with Gasteiger partial charge in [-0.3, -0.25) is 0 Å². The van der Waals surface area contributed by atoms with Gasteiger partial charge in [0.2, 0.25) is 0 Å². The summed E-state index contributed by atoms with van der Waals surface area (Å²) >= 11 is -0.272. The van der Waals surface area contributed by atoms with E-state index in [1.807, 2.05) is 11.0 Å². The van der Waals surface area contributed by atoms with Crippen molar-refractivity contribution in [2.75, 3.05) is 46.0 Å². The van der Waals surface area contributed by atoms with Gasteiger partial charge < -0.3 is 0 Å². The molecule has 8 heteroatoms. The van der Waals surface area contributed by atoms with E-state index in [9.17, 15) is 4.79 Å². The third kappa shape index (κ3) is 5.53. The second-order valence-electron chi connectivity index (χ2n) is 7.64.